The lowest BCUT2D eigenvalue weighted by Crippen LogP contribution is -2.39. The van der Waals surface area contributed by atoms with Crippen LogP contribution in [0.2, 0.25) is 0 Å². The van der Waals surface area contributed by atoms with Crippen molar-refractivity contribution >= 4 is 0 Å². The number of hydrogen-bond acceptors (Lipinski definition) is 3. The van der Waals surface area contributed by atoms with E-state index < -0.39 is 0 Å². The molecule has 0 bridgehead atoms. The fraction of sp³-hybridized carbons (Fsp3) is 0.615. The average molecular weight is 221 g/mol. The van der Waals surface area contributed by atoms with Crippen LogP contribution in [-0.4, -0.2) is 29.0 Å². The standard InChI is InChI=1S/C13H23N3/c1-4-9-16(11(2)3)13(10-14)12-7-5-6-8-15-12/h5-8,11,13H,4,9-10,14H2,1-3H3. The highest BCUT2D eigenvalue weighted by Gasteiger charge is 2.21. The van der Waals surface area contributed by atoms with Gasteiger partial charge in [0.2, 0.25) is 0 Å². The zero-order valence-electron chi connectivity index (χ0n) is 10.6. The van der Waals surface area contributed by atoms with Crippen molar-refractivity contribution in [3.8, 4) is 0 Å². The number of aromatic nitrogens is 1. The van der Waals surface area contributed by atoms with Crippen molar-refractivity contribution in [2.24, 2.45) is 5.73 Å². The predicted molar refractivity (Wildman–Crippen MR) is 68.2 cm³/mol. The average Bonchev–Trinajstić information content (AvgIpc) is 2.30. The molecule has 1 atom stereocenters. The van der Waals surface area contributed by atoms with Crippen molar-refractivity contribution in [3.05, 3.63) is 30.1 Å². The molecule has 0 aliphatic rings. The zero-order valence-corrected chi connectivity index (χ0v) is 10.6. The highest BCUT2D eigenvalue weighted by atomic mass is 15.2. The Morgan fingerprint density at radius 3 is 2.56 bits per heavy atom. The van der Waals surface area contributed by atoms with E-state index >= 15 is 0 Å². The molecule has 1 heterocycles. The number of hydrogen-bond donors (Lipinski definition) is 1. The van der Waals surface area contributed by atoms with Crippen molar-refractivity contribution in [1.29, 1.82) is 0 Å². The SMILES string of the molecule is CCCN(C(C)C)C(CN)c1ccccn1. The molecule has 0 aliphatic carbocycles. The molecule has 0 radical (unpaired) electrons. The Labute approximate surface area is 98.7 Å². The van der Waals surface area contributed by atoms with Crippen molar-refractivity contribution < 1.29 is 0 Å². The van der Waals surface area contributed by atoms with E-state index in [0.717, 1.165) is 18.7 Å². The summed E-state index contributed by atoms with van der Waals surface area (Å²) in [4.78, 5) is 6.83. The first kappa shape index (κ1) is 13.1. The largest absolute Gasteiger partial charge is 0.329 e. The second kappa shape index (κ2) is 6.61. The lowest BCUT2D eigenvalue weighted by atomic mass is 10.1. The Balaban J connectivity index is 2.86. The van der Waals surface area contributed by atoms with E-state index in [0.29, 0.717) is 12.6 Å². The van der Waals surface area contributed by atoms with Gasteiger partial charge >= 0.3 is 0 Å². The molecule has 0 amide bonds. The first-order valence-electron chi connectivity index (χ1n) is 6.07. The van der Waals surface area contributed by atoms with Gasteiger partial charge in [-0.05, 0) is 38.9 Å². The van der Waals surface area contributed by atoms with Crippen LogP contribution < -0.4 is 5.73 Å². The first-order chi connectivity index (χ1) is 7.70. The smallest absolute Gasteiger partial charge is 0.0646 e. The highest BCUT2D eigenvalue weighted by molar-refractivity contribution is 5.09. The highest BCUT2D eigenvalue weighted by Crippen LogP contribution is 2.20. The van der Waals surface area contributed by atoms with Crippen molar-refractivity contribution in [1.82, 2.24) is 9.88 Å². The van der Waals surface area contributed by atoms with Crippen LogP contribution in [0.1, 0.15) is 38.9 Å². The maximum absolute atomic E-state index is 5.89. The summed E-state index contributed by atoms with van der Waals surface area (Å²) in [6, 6.07) is 6.76. The van der Waals surface area contributed by atoms with Crippen LogP contribution in [-0.2, 0) is 0 Å². The third-order valence-corrected chi connectivity index (χ3v) is 2.80. The van der Waals surface area contributed by atoms with E-state index in [4.69, 9.17) is 5.73 Å². The molecule has 1 aromatic rings. The van der Waals surface area contributed by atoms with Gasteiger partial charge in [-0.25, -0.2) is 0 Å². The maximum Gasteiger partial charge on any atom is 0.0646 e. The van der Waals surface area contributed by atoms with Crippen LogP contribution in [0.25, 0.3) is 0 Å². The Kier molecular flexibility index (Phi) is 5.43. The van der Waals surface area contributed by atoms with Crippen LogP contribution in [0.4, 0.5) is 0 Å². The van der Waals surface area contributed by atoms with Gasteiger partial charge in [-0.2, -0.15) is 0 Å². The molecule has 16 heavy (non-hydrogen) atoms. The molecule has 0 aromatic carbocycles. The second-order valence-electron chi connectivity index (χ2n) is 4.34. The molecule has 0 aliphatic heterocycles. The van der Waals surface area contributed by atoms with E-state index in [1.807, 2.05) is 18.3 Å². The summed E-state index contributed by atoms with van der Waals surface area (Å²) in [5, 5.41) is 0. The molecule has 0 spiro atoms. The summed E-state index contributed by atoms with van der Waals surface area (Å²) in [6.07, 6.45) is 2.98. The number of pyridine rings is 1. The minimum absolute atomic E-state index is 0.237. The van der Waals surface area contributed by atoms with E-state index in [1.54, 1.807) is 0 Å². The molecular formula is C13H23N3. The van der Waals surface area contributed by atoms with Crippen LogP contribution in [0.5, 0.6) is 0 Å². The molecule has 3 nitrogen and oxygen atoms in total. The number of nitrogens with two attached hydrogens (primary N) is 1. The van der Waals surface area contributed by atoms with Crippen molar-refractivity contribution in [3.63, 3.8) is 0 Å². The van der Waals surface area contributed by atoms with Gasteiger partial charge in [0.1, 0.15) is 0 Å². The summed E-state index contributed by atoms with van der Waals surface area (Å²) in [5.41, 5.74) is 6.97. The topological polar surface area (TPSA) is 42.1 Å². The monoisotopic (exact) mass is 221 g/mol. The minimum Gasteiger partial charge on any atom is -0.329 e. The number of nitrogens with zero attached hydrogens (tertiary/aromatic N) is 2. The van der Waals surface area contributed by atoms with Gasteiger partial charge < -0.3 is 5.73 Å². The third-order valence-electron chi connectivity index (χ3n) is 2.80. The molecular weight excluding hydrogens is 198 g/mol. The van der Waals surface area contributed by atoms with Gasteiger partial charge in [-0.15, -0.1) is 0 Å². The van der Waals surface area contributed by atoms with Gasteiger partial charge in [0, 0.05) is 18.8 Å². The molecule has 0 fully saturated rings. The van der Waals surface area contributed by atoms with E-state index in [9.17, 15) is 0 Å². The molecule has 1 aromatic heterocycles. The van der Waals surface area contributed by atoms with E-state index in [1.165, 1.54) is 0 Å². The Hall–Kier alpha value is -0.930. The summed E-state index contributed by atoms with van der Waals surface area (Å²) < 4.78 is 0. The van der Waals surface area contributed by atoms with Crippen LogP contribution in [0, 0.1) is 0 Å². The minimum atomic E-state index is 0.237. The first-order valence-corrected chi connectivity index (χ1v) is 6.07. The summed E-state index contributed by atoms with van der Waals surface area (Å²) in [5.74, 6) is 0. The molecule has 1 unspecified atom stereocenters. The van der Waals surface area contributed by atoms with Gasteiger partial charge in [-0.3, -0.25) is 9.88 Å². The van der Waals surface area contributed by atoms with Gasteiger partial charge in [0.15, 0.2) is 0 Å². The fourth-order valence-corrected chi connectivity index (χ4v) is 2.03. The molecule has 90 valence electrons. The van der Waals surface area contributed by atoms with Crippen LogP contribution >= 0.6 is 0 Å². The van der Waals surface area contributed by atoms with E-state index in [-0.39, 0.29) is 6.04 Å². The molecule has 1 rings (SSSR count). The molecule has 3 heteroatoms. The zero-order chi connectivity index (χ0) is 12.0. The van der Waals surface area contributed by atoms with Gasteiger partial charge in [-0.1, -0.05) is 13.0 Å². The number of rotatable bonds is 6. The van der Waals surface area contributed by atoms with Crippen LogP contribution in [0.3, 0.4) is 0 Å². The summed E-state index contributed by atoms with van der Waals surface area (Å²) in [7, 11) is 0. The van der Waals surface area contributed by atoms with Gasteiger partial charge in [0.05, 0.1) is 11.7 Å². The van der Waals surface area contributed by atoms with Crippen molar-refractivity contribution in [2.75, 3.05) is 13.1 Å². The third kappa shape index (κ3) is 3.29. The fourth-order valence-electron chi connectivity index (χ4n) is 2.03. The Bertz CT molecular complexity index is 284. The summed E-state index contributed by atoms with van der Waals surface area (Å²) >= 11 is 0. The maximum atomic E-state index is 5.89. The summed E-state index contributed by atoms with van der Waals surface area (Å²) in [6.45, 7) is 8.30. The Morgan fingerprint density at radius 1 is 1.38 bits per heavy atom. The molecule has 0 saturated carbocycles. The second-order valence-corrected chi connectivity index (χ2v) is 4.34. The van der Waals surface area contributed by atoms with Crippen molar-refractivity contribution in [2.45, 2.75) is 39.3 Å². The predicted octanol–water partition coefficient (Wildman–Crippen LogP) is 2.20. The lowest BCUT2D eigenvalue weighted by molar-refractivity contribution is 0.154. The normalized spacial score (nSPS) is 13.4. The van der Waals surface area contributed by atoms with E-state index in [2.05, 4.69) is 36.7 Å². The Morgan fingerprint density at radius 2 is 2.12 bits per heavy atom. The van der Waals surface area contributed by atoms with Crippen LogP contribution in [0.15, 0.2) is 24.4 Å². The quantitative estimate of drug-likeness (QED) is 0.800. The molecule has 0 saturated heterocycles. The van der Waals surface area contributed by atoms with Gasteiger partial charge in [0.25, 0.3) is 0 Å². The lowest BCUT2D eigenvalue weighted by Gasteiger charge is -2.33. The molecule has 2 N–H and O–H groups in total.